The second-order valence-corrected chi connectivity index (χ2v) is 4.92. The number of carboxylic acids is 2. The molecule has 6 heteroatoms. The fourth-order valence-electron chi connectivity index (χ4n) is 1.64. The van der Waals surface area contributed by atoms with E-state index >= 15 is 0 Å². The summed E-state index contributed by atoms with van der Waals surface area (Å²) in [6.07, 6.45) is 0. The van der Waals surface area contributed by atoms with E-state index in [0.717, 1.165) is 0 Å². The van der Waals surface area contributed by atoms with Crippen LogP contribution in [-0.2, 0) is 9.59 Å². The number of carbonyl (C=O) groups is 2. The van der Waals surface area contributed by atoms with Crippen molar-refractivity contribution in [1.29, 1.82) is 0 Å². The van der Waals surface area contributed by atoms with Gasteiger partial charge in [0.15, 0.2) is 0 Å². The third kappa shape index (κ3) is 7.24. The highest BCUT2D eigenvalue weighted by atomic mass is 16.4. The molecule has 0 radical (unpaired) electrons. The van der Waals surface area contributed by atoms with E-state index in [1.807, 2.05) is 37.5 Å². The van der Waals surface area contributed by atoms with Crippen LogP contribution < -0.4 is 0 Å². The van der Waals surface area contributed by atoms with Crippen LogP contribution in [-0.4, -0.2) is 70.2 Å². The van der Waals surface area contributed by atoms with Crippen LogP contribution in [0.1, 0.15) is 27.7 Å². The number of hydrogen-bond acceptors (Lipinski definition) is 4. The van der Waals surface area contributed by atoms with Crippen LogP contribution in [0.5, 0.6) is 0 Å². The van der Waals surface area contributed by atoms with Crippen LogP contribution in [0.25, 0.3) is 0 Å². The average molecular weight is 260 g/mol. The van der Waals surface area contributed by atoms with Crippen molar-refractivity contribution < 1.29 is 19.8 Å². The van der Waals surface area contributed by atoms with Crippen LogP contribution in [0.15, 0.2) is 0 Å². The van der Waals surface area contributed by atoms with E-state index in [-0.39, 0.29) is 25.2 Å². The van der Waals surface area contributed by atoms with Gasteiger partial charge in [-0.25, -0.2) is 0 Å². The highest BCUT2D eigenvalue weighted by Crippen LogP contribution is 2.02. The molecule has 0 aliphatic heterocycles. The van der Waals surface area contributed by atoms with Crippen molar-refractivity contribution in [2.24, 2.45) is 0 Å². The van der Waals surface area contributed by atoms with E-state index in [4.69, 9.17) is 10.2 Å². The molecule has 0 saturated heterocycles. The second kappa shape index (κ2) is 8.05. The summed E-state index contributed by atoms with van der Waals surface area (Å²) in [5.41, 5.74) is 0. The Bertz CT molecular complexity index is 251. The van der Waals surface area contributed by atoms with Crippen molar-refractivity contribution in [3.8, 4) is 0 Å². The zero-order chi connectivity index (χ0) is 14.3. The topological polar surface area (TPSA) is 81.1 Å². The Morgan fingerprint density at radius 3 is 1.28 bits per heavy atom. The fraction of sp³-hybridized carbons (Fsp3) is 0.833. The standard InChI is InChI=1S/C12H24N2O4/c1-9(2)13(7-11(15)16)5-6-14(10(3)4)8-12(17)18/h9-10H,5-8H2,1-4H3,(H,15,16)(H,17,18). The Morgan fingerprint density at radius 2 is 1.11 bits per heavy atom. The monoisotopic (exact) mass is 260 g/mol. The molecule has 6 nitrogen and oxygen atoms in total. The molecule has 0 fully saturated rings. The van der Waals surface area contributed by atoms with Crippen LogP contribution in [0.4, 0.5) is 0 Å². The maximum Gasteiger partial charge on any atom is 0.317 e. The average Bonchev–Trinajstić information content (AvgIpc) is 2.20. The Kier molecular flexibility index (Phi) is 7.54. The summed E-state index contributed by atoms with van der Waals surface area (Å²) >= 11 is 0. The summed E-state index contributed by atoms with van der Waals surface area (Å²) in [5, 5.41) is 17.6. The van der Waals surface area contributed by atoms with E-state index in [1.165, 1.54) is 0 Å². The molecular weight excluding hydrogens is 236 g/mol. The van der Waals surface area contributed by atoms with Gasteiger partial charge in [-0.05, 0) is 27.7 Å². The first kappa shape index (κ1) is 16.9. The van der Waals surface area contributed by atoms with Crippen molar-refractivity contribution in [3.05, 3.63) is 0 Å². The van der Waals surface area contributed by atoms with E-state index < -0.39 is 11.9 Å². The van der Waals surface area contributed by atoms with Gasteiger partial charge in [0, 0.05) is 25.2 Å². The normalized spacial score (nSPS) is 11.8. The van der Waals surface area contributed by atoms with Crippen LogP contribution in [0.2, 0.25) is 0 Å². The molecular formula is C12H24N2O4. The van der Waals surface area contributed by atoms with E-state index in [0.29, 0.717) is 13.1 Å². The molecule has 106 valence electrons. The molecule has 2 N–H and O–H groups in total. The SMILES string of the molecule is CC(C)N(CCN(CC(=O)O)C(C)C)CC(=O)O. The molecule has 0 saturated carbocycles. The summed E-state index contributed by atoms with van der Waals surface area (Å²) < 4.78 is 0. The minimum absolute atomic E-state index is 0.0172. The summed E-state index contributed by atoms with van der Waals surface area (Å²) in [6, 6.07) is 0.250. The number of hydrogen-bond donors (Lipinski definition) is 2. The lowest BCUT2D eigenvalue weighted by atomic mass is 10.2. The lowest BCUT2D eigenvalue weighted by molar-refractivity contribution is -0.140. The minimum atomic E-state index is -0.863. The Labute approximate surface area is 108 Å². The van der Waals surface area contributed by atoms with E-state index in [2.05, 4.69) is 0 Å². The Morgan fingerprint density at radius 1 is 0.833 bits per heavy atom. The van der Waals surface area contributed by atoms with Gasteiger partial charge in [-0.2, -0.15) is 0 Å². The fourth-order valence-corrected chi connectivity index (χ4v) is 1.64. The van der Waals surface area contributed by atoms with Gasteiger partial charge in [0.25, 0.3) is 0 Å². The van der Waals surface area contributed by atoms with Gasteiger partial charge >= 0.3 is 11.9 Å². The van der Waals surface area contributed by atoms with Gasteiger partial charge in [-0.1, -0.05) is 0 Å². The largest absolute Gasteiger partial charge is 0.480 e. The van der Waals surface area contributed by atoms with Gasteiger partial charge < -0.3 is 10.2 Å². The molecule has 0 aromatic heterocycles. The summed E-state index contributed by atoms with van der Waals surface area (Å²) in [7, 11) is 0. The highest BCUT2D eigenvalue weighted by Gasteiger charge is 2.17. The molecule has 0 aliphatic carbocycles. The van der Waals surface area contributed by atoms with Gasteiger partial charge in [0.1, 0.15) is 0 Å². The third-order valence-corrected chi connectivity index (χ3v) is 2.81. The Hall–Kier alpha value is -1.14. The summed E-state index contributed by atoms with van der Waals surface area (Å²) in [4.78, 5) is 25.1. The molecule has 18 heavy (non-hydrogen) atoms. The molecule has 0 rings (SSSR count). The highest BCUT2D eigenvalue weighted by molar-refractivity contribution is 5.69. The minimum Gasteiger partial charge on any atom is -0.480 e. The predicted octanol–water partition coefficient (Wildman–Crippen LogP) is 0.576. The smallest absolute Gasteiger partial charge is 0.317 e. The summed E-state index contributed by atoms with van der Waals surface area (Å²) in [6.45, 7) is 8.79. The quantitative estimate of drug-likeness (QED) is 0.631. The molecule has 0 amide bonds. The number of rotatable bonds is 9. The maximum absolute atomic E-state index is 10.7. The number of nitrogens with zero attached hydrogens (tertiary/aromatic N) is 2. The molecule has 0 heterocycles. The van der Waals surface area contributed by atoms with Crippen LogP contribution in [0.3, 0.4) is 0 Å². The molecule has 0 aromatic carbocycles. The first-order valence-corrected chi connectivity index (χ1v) is 6.15. The zero-order valence-electron chi connectivity index (χ0n) is 11.6. The predicted molar refractivity (Wildman–Crippen MR) is 68.7 cm³/mol. The molecule has 0 atom stereocenters. The molecule has 0 unspecified atom stereocenters. The lowest BCUT2D eigenvalue weighted by Gasteiger charge is -2.30. The maximum atomic E-state index is 10.7. The van der Waals surface area contributed by atoms with E-state index in [1.54, 1.807) is 0 Å². The van der Waals surface area contributed by atoms with Gasteiger partial charge in [-0.3, -0.25) is 19.4 Å². The van der Waals surface area contributed by atoms with Crippen molar-refractivity contribution in [2.45, 2.75) is 39.8 Å². The van der Waals surface area contributed by atoms with Gasteiger partial charge in [0.2, 0.25) is 0 Å². The van der Waals surface area contributed by atoms with Gasteiger partial charge in [0.05, 0.1) is 13.1 Å². The lowest BCUT2D eigenvalue weighted by Crippen LogP contribution is -2.44. The number of aliphatic carboxylic acids is 2. The van der Waals surface area contributed by atoms with Crippen molar-refractivity contribution >= 4 is 11.9 Å². The molecule has 0 aromatic rings. The summed E-state index contributed by atoms with van der Waals surface area (Å²) in [5.74, 6) is -1.73. The Balaban J connectivity index is 4.36. The van der Waals surface area contributed by atoms with Crippen LogP contribution >= 0.6 is 0 Å². The van der Waals surface area contributed by atoms with Crippen molar-refractivity contribution in [1.82, 2.24) is 9.80 Å². The van der Waals surface area contributed by atoms with Crippen molar-refractivity contribution in [3.63, 3.8) is 0 Å². The second-order valence-electron chi connectivity index (χ2n) is 4.92. The first-order valence-electron chi connectivity index (χ1n) is 6.15. The van der Waals surface area contributed by atoms with Gasteiger partial charge in [-0.15, -0.1) is 0 Å². The van der Waals surface area contributed by atoms with Crippen LogP contribution in [0, 0.1) is 0 Å². The van der Waals surface area contributed by atoms with Crippen molar-refractivity contribution in [2.75, 3.05) is 26.2 Å². The van der Waals surface area contributed by atoms with E-state index in [9.17, 15) is 9.59 Å². The number of carboxylic acid groups (broad SMARTS) is 2. The first-order chi connectivity index (χ1) is 8.23. The third-order valence-electron chi connectivity index (χ3n) is 2.81. The zero-order valence-corrected chi connectivity index (χ0v) is 11.6. The molecule has 0 bridgehead atoms. The molecule has 0 spiro atoms. The molecule has 0 aliphatic rings.